The number of carbonyl (C=O) groups is 1. The number of carboxylic acids is 1. The molecule has 0 radical (unpaired) electrons. The highest BCUT2D eigenvalue weighted by Crippen LogP contribution is 2.37. The van der Waals surface area contributed by atoms with Crippen molar-refractivity contribution >= 4 is 27.3 Å². The van der Waals surface area contributed by atoms with Crippen molar-refractivity contribution in [1.29, 1.82) is 0 Å². The third-order valence-corrected chi connectivity index (χ3v) is 8.02. The van der Waals surface area contributed by atoms with E-state index in [9.17, 15) is 18.3 Å². The van der Waals surface area contributed by atoms with E-state index in [-0.39, 0.29) is 16.3 Å². The van der Waals surface area contributed by atoms with Crippen molar-refractivity contribution in [1.82, 2.24) is 19.8 Å². The lowest BCUT2D eigenvalue weighted by molar-refractivity contribution is 0.0692. The fourth-order valence-corrected chi connectivity index (χ4v) is 6.65. The number of H-pyrrole nitrogens is 1. The zero-order valence-corrected chi connectivity index (χ0v) is 14.3. The number of aromatic carboxylic acids is 1. The van der Waals surface area contributed by atoms with Crippen molar-refractivity contribution < 1.29 is 18.3 Å². The number of thiophene rings is 1. The molecular weight excluding hydrogens is 352 g/mol. The van der Waals surface area contributed by atoms with E-state index >= 15 is 0 Å². The summed E-state index contributed by atoms with van der Waals surface area (Å²) in [5.74, 6) is -1.17. The van der Waals surface area contributed by atoms with Gasteiger partial charge in [-0.05, 0) is 18.5 Å². The summed E-state index contributed by atoms with van der Waals surface area (Å²) in [7, 11) is -3.85. The predicted molar refractivity (Wildman–Crippen MR) is 86.6 cm³/mol. The van der Waals surface area contributed by atoms with Crippen molar-refractivity contribution in [3.8, 4) is 0 Å². The molecule has 2 aliphatic rings. The lowest BCUT2D eigenvalue weighted by Gasteiger charge is -2.25. The number of aromatic amines is 1. The predicted octanol–water partition coefficient (Wildman–Crippen LogP) is 0.562. The highest BCUT2D eigenvalue weighted by Gasteiger charge is 2.37. The normalized spacial score (nSPS) is 18.2. The molecule has 0 amide bonds. The quantitative estimate of drug-likeness (QED) is 0.729. The van der Waals surface area contributed by atoms with Gasteiger partial charge in [0.05, 0.1) is 11.8 Å². The molecule has 4 heterocycles. The second-order valence-electron chi connectivity index (χ2n) is 5.86. The van der Waals surface area contributed by atoms with Crippen molar-refractivity contribution in [2.45, 2.75) is 30.1 Å². The van der Waals surface area contributed by atoms with Crippen LogP contribution in [-0.4, -0.2) is 47.1 Å². The summed E-state index contributed by atoms with van der Waals surface area (Å²) in [6, 6.07) is 0. The Bertz CT molecular complexity index is 915. The molecule has 0 aromatic carbocycles. The van der Waals surface area contributed by atoms with Crippen LogP contribution in [0, 0.1) is 0 Å². The highest BCUT2D eigenvalue weighted by molar-refractivity contribution is 7.91. The monoisotopic (exact) mass is 368 g/mol. The Morgan fingerprint density at radius 3 is 3.00 bits per heavy atom. The molecule has 2 aromatic rings. The van der Waals surface area contributed by atoms with Crippen molar-refractivity contribution in [3.05, 3.63) is 33.5 Å². The van der Waals surface area contributed by atoms with Gasteiger partial charge in [0.15, 0.2) is 0 Å². The second-order valence-corrected chi connectivity index (χ2v) is 9.10. The first-order valence-electron chi connectivity index (χ1n) is 7.58. The molecule has 0 unspecified atom stereocenters. The smallest absolute Gasteiger partial charge is 0.338 e. The van der Waals surface area contributed by atoms with E-state index in [1.165, 1.54) is 4.31 Å². The Kier molecular flexibility index (Phi) is 3.71. The molecular formula is C14H16N4O4S2. The third kappa shape index (κ3) is 2.37. The molecule has 0 bridgehead atoms. The number of sulfonamides is 1. The summed E-state index contributed by atoms with van der Waals surface area (Å²) < 4.78 is 27.5. The average molecular weight is 368 g/mol. The number of nitrogens with zero attached hydrogens (tertiary/aromatic N) is 2. The minimum atomic E-state index is -3.85. The Labute approximate surface area is 142 Å². The number of hydrogen-bond donors (Lipinski definition) is 3. The first-order chi connectivity index (χ1) is 11.5. The number of hydrogen-bond acceptors (Lipinski definition) is 6. The number of aromatic nitrogens is 2. The summed E-state index contributed by atoms with van der Waals surface area (Å²) >= 11 is 1.08. The lowest BCUT2D eigenvalue weighted by Crippen LogP contribution is -2.36. The number of carboxylic acid groups (broad SMARTS) is 1. The zero-order chi connectivity index (χ0) is 16.9. The summed E-state index contributed by atoms with van der Waals surface area (Å²) in [6.07, 6.45) is 2.71. The van der Waals surface area contributed by atoms with Crippen LogP contribution >= 0.6 is 11.3 Å². The van der Waals surface area contributed by atoms with Gasteiger partial charge in [0.2, 0.25) is 0 Å². The van der Waals surface area contributed by atoms with Crippen LogP contribution in [0.4, 0.5) is 0 Å². The van der Waals surface area contributed by atoms with Crippen LogP contribution in [-0.2, 0) is 36.0 Å². The Morgan fingerprint density at radius 1 is 1.38 bits per heavy atom. The number of rotatable bonds is 3. The van der Waals surface area contributed by atoms with Crippen LogP contribution in [0.3, 0.4) is 0 Å². The fraction of sp³-hybridized carbons (Fsp3) is 0.429. The Balaban J connectivity index is 1.78. The van der Waals surface area contributed by atoms with E-state index in [1.807, 2.05) is 0 Å². The van der Waals surface area contributed by atoms with Gasteiger partial charge >= 0.3 is 5.97 Å². The average Bonchev–Trinajstić information content (AvgIpc) is 3.18. The molecule has 0 saturated heterocycles. The topological polar surface area (TPSA) is 115 Å². The molecule has 3 N–H and O–H groups in total. The Morgan fingerprint density at radius 2 is 2.21 bits per heavy atom. The molecule has 0 saturated carbocycles. The summed E-state index contributed by atoms with van der Waals surface area (Å²) in [5, 5.41) is 19.6. The minimum Gasteiger partial charge on any atom is -0.478 e. The van der Waals surface area contributed by atoms with Gasteiger partial charge in [-0.25, -0.2) is 13.2 Å². The van der Waals surface area contributed by atoms with Gasteiger partial charge in [0.25, 0.3) is 10.0 Å². The minimum absolute atomic E-state index is 0.0457. The van der Waals surface area contributed by atoms with E-state index in [4.69, 9.17) is 0 Å². The number of nitrogens with one attached hydrogen (secondary N) is 2. The summed E-state index contributed by atoms with van der Waals surface area (Å²) in [5.41, 5.74) is 2.39. The molecule has 8 nitrogen and oxygen atoms in total. The van der Waals surface area contributed by atoms with Crippen LogP contribution < -0.4 is 5.32 Å². The van der Waals surface area contributed by atoms with E-state index in [0.29, 0.717) is 38.0 Å². The van der Waals surface area contributed by atoms with Gasteiger partial charge in [-0.2, -0.15) is 9.40 Å². The van der Waals surface area contributed by atoms with Gasteiger partial charge in [0, 0.05) is 42.2 Å². The molecule has 128 valence electrons. The standard InChI is InChI=1S/C14H16N4O4S2/c19-13(20)12-9-1-3-15-6-11(9)23-14(12)24(21,22)18-4-2-10-8(7-18)5-16-17-10/h5,15H,1-4,6-7H2,(H,16,17)(H,19,20). The van der Waals surface area contributed by atoms with Crippen LogP contribution in [0.1, 0.15) is 32.1 Å². The maximum atomic E-state index is 13.1. The Hall–Kier alpha value is -1.75. The van der Waals surface area contributed by atoms with E-state index in [1.54, 1.807) is 6.20 Å². The highest BCUT2D eigenvalue weighted by atomic mass is 32.2. The molecule has 2 aliphatic heterocycles. The third-order valence-electron chi connectivity index (χ3n) is 4.45. The largest absolute Gasteiger partial charge is 0.478 e. The molecule has 10 heteroatoms. The van der Waals surface area contributed by atoms with Gasteiger partial charge in [-0.15, -0.1) is 11.3 Å². The van der Waals surface area contributed by atoms with E-state index < -0.39 is 16.0 Å². The molecule has 24 heavy (non-hydrogen) atoms. The van der Waals surface area contributed by atoms with Crippen LogP contribution in [0.2, 0.25) is 0 Å². The maximum Gasteiger partial charge on any atom is 0.338 e. The first kappa shape index (κ1) is 15.8. The van der Waals surface area contributed by atoms with Crippen LogP contribution in [0.25, 0.3) is 0 Å². The van der Waals surface area contributed by atoms with E-state index in [2.05, 4.69) is 15.5 Å². The molecule has 0 aliphatic carbocycles. The molecule has 2 aromatic heterocycles. The first-order valence-corrected chi connectivity index (χ1v) is 9.84. The lowest BCUT2D eigenvalue weighted by atomic mass is 10.1. The van der Waals surface area contributed by atoms with E-state index in [0.717, 1.165) is 27.5 Å². The fourth-order valence-electron chi connectivity index (χ4n) is 3.23. The maximum absolute atomic E-state index is 13.1. The molecule has 0 spiro atoms. The summed E-state index contributed by atoms with van der Waals surface area (Å²) in [4.78, 5) is 12.5. The van der Waals surface area contributed by atoms with Crippen molar-refractivity contribution in [3.63, 3.8) is 0 Å². The molecule has 4 rings (SSSR count). The molecule has 0 fully saturated rings. The second kappa shape index (κ2) is 5.66. The molecule has 0 atom stereocenters. The van der Waals surface area contributed by atoms with Crippen molar-refractivity contribution in [2.75, 3.05) is 13.1 Å². The number of fused-ring (bicyclic) bond motifs is 2. The van der Waals surface area contributed by atoms with Crippen LogP contribution in [0.5, 0.6) is 0 Å². The summed E-state index contributed by atoms with van der Waals surface area (Å²) in [6.45, 7) is 1.71. The SMILES string of the molecule is O=C(O)c1c(S(=O)(=O)N2CCc3[nH]ncc3C2)sc2c1CCNC2. The van der Waals surface area contributed by atoms with Crippen molar-refractivity contribution in [2.24, 2.45) is 0 Å². The van der Waals surface area contributed by atoms with Gasteiger partial charge < -0.3 is 10.4 Å². The van der Waals surface area contributed by atoms with Gasteiger partial charge in [-0.1, -0.05) is 0 Å². The zero-order valence-electron chi connectivity index (χ0n) is 12.7. The van der Waals surface area contributed by atoms with Gasteiger partial charge in [0.1, 0.15) is 4.21 Å². The van der Waals surface area contributed by atoms with Crippen LogP contribution in [0.15, 0.2) is 10.4 Å². The van der Waals surface area contributed by atoms with Gasteiger partial charge in [-0.3, -0.25) is 5.10 Å².